The quantitative estimate of drug-likeness (QED) is 0.500. The van der Waals surface area contributed by atoms with Gasteiger partial charge in [-0.25, -0.2) is 0 Å². The van der Waals surface area contributed by atoms with E-state index >= 15 is 0 Å². The average molecular weight is 384 g/mol. The Bertz CT molecular complexity index is 935. The lowest BCUT2D eigenvalue weighted by molar-refractivity contribution is 0.305. The minimum Gasteiger partial charge on any atom is -0.385 e. The van der Waals surface area contributed by atoms with Gasteiger partial charge in [0.2, 0.25) is 0 Å². The van der Waals surface area contributed by atoms with Gasteiger partial charge in [0.05, 0.1) is 0 Å². The van der Waals surface area contributed by atoms with Gasteiger partial charge in [-0.1, -0.05) is 93.6 Å². The molecule has 29 heavy (non-hydrogen) atoms. The zero-order chi connectivity index (χ0) is 20.3. The molecule has 1 atom stereocenters. The van der Waals surface area contributed by atoms with Crippen LogP contribution in [0.25, 0.3) is 0 Å². The molecule has 0 fully saturated rings. The Morgan fingerprint density at radius 1 is 0.793 bits per heavy atom. The van der Waals surface area contributed by atoms with Gasteiger partial charge in [0, 0.05) is 12.2 Å². The number of rotatable bonds is 5. The largest absolute Gasteiger partial charge is 0.385 e. The summed E-state index contributed by atoms with van der Waals surface area (Å²) in [7, 11) is 0. The van der Waals surface area contributed by atoms with Gasteiger partial charge in [0.25, 0.3) is 0 Å². The maximum atomic E-state index is 3.76. The van der Waals surface area contributed by atoms with E-state index in [1.54, 1.807) is 0 Å². The fraction of sp³-hybridized carbons (Fsp3) is 0.357. The number of nitrogens with one attached hydrogen (secondary N) is 1. The monoisotopic (exact) mass is 383 g/mol. The predicted octanol–water partition coefficient (Wildman–Crippen LogP) is 7.01. The van der Waals surface area contributed by atoms with Crippen molar-refractivity contribution in [1.82, 2.24) is 0 Å². The predicted molar refractivity (Wildman–Crippen MR) is 125 cm³/mol. The summed E-state index contributed by atoms with van der Waals surface area (Å²) in [6, 6.07) is 26.7. The van der Waals surface area contributed by atoms with Crippen LogP contribution in [0.2, 0.25) is 0 Å². The van der Waals surface area contributed by atoms with E-state index in [9.17, 15) is 0 Å². The number of anilines is 1. The Hall–Kier alpha value is -2.54. The highest BCUT2D eigenvalue weighted by molar-refractivity contribution is 5.63. The van der Waals surface area contributed by atoms with Crippen molar-refractivity contribution in [2.45, 2.75) is 52.4 Å². The van der Waals surface area contributed by atoms with E-state index in [0.717, 1.165) is 25.8 Å². The Kier molecular flexibility index (Phi) is 5.76. The summed E-state index contributed by atoms with van der Waals surface area (Å²) in [6.45, 7) is 8.24. The summed E-state index contributed by atoms with van der Waals surface area (Å²) in [4.78, 5) is 0. The molecule has 150 valence electrons. The van der Waals surface area contributed by atoms with Gasteiger partial charge in [-0.15, -0.1) is 0 Å². The van der Waals surface area contributed by atoms with Crippen molar-refractivity contribution in [2.75, 3.05) is 11.9 Å². The lowest BCUT2D eigenvalue weighted by atomic mass is 9.71. The second-order valence-electron chi connectivity index (χ2n) is 9.50. The molecule has 1 heteroatoms. The normalized spacial score (nSPS) is 16.2. The number of hydrogen-bond acceptors (Lipinski definition) is 1. The first-order valence-corrected chi connectivity index (χ1v) is 11.0. The molecule has 3 aromatic carbocycles. The highest BCUT2D eigenvalue weighted by Gasteiger charge is 2.31. The lowest BCUT2D eigenvalue weighted by Crippen LogP contribution is -2.27. The van der Waals surface area contributed by atoms with E-state index in [4.69, 9.17) is 0 Å². The van der Waals surface area contributed by atoms with Crippen LogP contribution >= 0.6 is 0 Å². The summed E-state index contributed by atoms with van der Waals surface area (Å²) in [5.41, 5.74) is 8.93. The van der Waals surface area contributed by atoms with Crippen molar-refractivity contribution in [1.29, 1.82) is 0 Å². The molecule has 1 aliphatic rings. The molecule has 1 aliphatic heterocycles. The van der Waals surface area contributed by atoms with Crippen LogP contribution in [0.3, 0.4) is 0 Å². The van der Waals surface area contributed by atoms with E-state index in [1.165, 1.54) is 39.9 Å². The summed E-state index contributed by atoms with van der Waals surface area (Å²) >= 11 is 0. The minimum atomic E-state index is 0.277. The fourth-order valence-corrected chi connectivity index (χ4v) is 4.74. The van der Waals surface area contributed by atoms with Gasteiger partial charge in [0.15, 0.2) is 0 Å². The molecule has 1 N–H and O–H groups in total. The summed E-state index contributed by atoms with van der Waals surface area (Å²) in [5.74, 6) is 0.602. The van der Waals surface area contributed by atoms with E-state index in [2.05, 4.69) is 98.9 Å². The molecule has 0 saturated heterocycles. The molecule has 0 saturated carbocycles. The highest BCUT2D eigenvalue weighted by atomic mass is 14.9. The molecule has 0 bridgehead atoms. The van der Waals surface area contributed by atoms with Gasteiger partial charge >= 0.3 is 0 Å². The van der Waals surface area contributed by atoms with Crippen molar-refractivity contribution in [3.63, 3.8) is 0 Å². The maximum Gasteiger partial charge on any atom is 0.0408 e. The molecule has 3 aromatic rings. The zero-order valence-electron chi connectivity index (χ0n) is 18.0. The lowest BCUT2D eigenvalue weighted by Gasteiger charge is -2.37. The molecule has 0 amide bonds. The number of fused-ring (bicyclic) bond motifs is 1. The molecule has 1 nitrogen and oxygen atoms in total. The van der Waals surface area contributed by atoms with Crippen molar-refractivity contribution in [3.05, 3.63) is 101 Å². The van der Waals surface area contributed by atoms with Crippen LogP contribution in [0.5, 0.6) is 0 Å². The van der Waals surface area contributed by atoms with Gasteiger partial charge in [-0.05, 0) is 64.8 Å². The first kappa shape index (κ1) is 19.8. The van der Waals surface area contributed by atoms with Gasteiger partial charge in [-0.3, -0.25) is 0 Å². The summed E-state index contributed by atoms with van der Waals surface area (Å²) < 4.78 is 0. The van der Waals surface area contributed by atoms with E-state index in [1.807, 2.05) is 0 Å². The Labute approximate surface area is 176 Å². The van der Waals surface area contributed by atoms with Crippen LogP contribution in [-0.2, 0) is 19.3 Å². The summed E-state index contributed by atoms with van der Waals surface area (Å²) in [5, 5.41) is 3.76. The average Bonchev–Trinajstić information content (AvgIpc) is 2.72. The first-order valence-electron chi connectivity index (χ1n) is 11.0. The van der Waals surface area contributed by atoms with Gasteiger partial charge < -0.3 is 5.32 Å². The molecule has 0 aromatic heterocycles. The Balaban J connectivity index is 1.71. The topological polar surface area (TPSA) is 12.0 Å². The van der Waals surface area contributed by atoms with Crippen LogP contribution in [0.15, 0.2) is 72.8 Å². The molecule has 0 spiro atoms. The minimum absolute atomic E-state index is 0.277. The molecular formula is C28H33N. The molecule has 0 radical (unpaired) electrons. The SMILES string of the molecule is CC(C)(C)C1CCNc2c(CCc3ccccc3)cc(Cc3ccccc3)cc21. The van der Waals surface area contributed by atoms with E-state index in [0.29, 0.717) is 5.92 Å². The van der Waals surface area contributed by atoms with E-state index in [-0.39, 0.29) is 5.41 Å². The molecular weight excluding hydrogens is 350 g/mol. The second-order valence-corrected chi connectivity index (χ2v) is 9.50. The van der Waals surface area contributed by atoms with Gasteiger partial charge in [-0.2, -0.15) is 0 Å². The van der Waals surface area contributed by atoms with Crippen molar-refractivity contribution in [2.24, 2.45) is 5.41 Å². The van der Waals surface area contributed by atoms with Crippen LogP contribution in [0.4, 0.5) is 5.69 Å². The third-order valence-electron chi connectivity index (χ3n) is 6.24. The van der Waals surface area contributed by atoms with Crippen LogP contribution in [0, 0.1) is 5.41 Å². The van der Waals surface area contributed by atoms with Crippen LogP contribution in [0.1, 0.15) is 60.9 Å². The molecule has 4 rings (SSSR count). The molecule has 1 unspecified atom stereocenters. The third-order valence-corrected chi connectivity index (χ3v) is 6.24. The Morgan fingerprint density at radius 3 is 2.10 bits per heavy atom. The molecule has 1 heterocycles. The van der Waals surface area contributed by atoms with Crippen molar-refractivity contribution < 1.29 is 0 Å². The van der Waals surface area contributed by atoms with Crippen molar-refractivity contribution in [3.8, 4) is 0 Å². The highest BCUT2D eigenvalue weighted by Crippen LogP contribution is 2.45. The second kappa shape index (κ2) is 8.45. The fourth-order valence-electron chi connectivity index (χ4n) is 4.74. The van der Waals surface area contributed by atoms with Crippen molar-refractivity contribution >= 4 is 5.69 Å². The summed E-state index contributed by atoms with van der Waals surface area (Å²) in [6.07, 6.45) is 4.38. The first-order chi connectivity index (χ1) is 14.0. The van der Waals surface area contributed by atoms with E-state index < -0.39 is 0 Å². The van der Waals surface area contributed by atoms with Crippen LogP contribution in [-0.4, -0.2) is 6.54 Å². The van der Waals surface area contributed by atoms with Crippen LogP contribution < -0.4 is 5.32 Å². The smallest absolute Gasteiger partial charge is 0.0408 e. The number of hydrogen-bond donors (Lipinski definition) is 1. The third kappa shape index (κ3) is 4.72. The maximum absolute atomic E-state index is 3.76. The van der Waals surface area contributed by atoms with Gasteiger partial charge in [0.1, 0.15) is 0 Å². The zero-order valence-corrected chi connectivity index (χ0v) is 18.0. The number of aryl methyl sites for hydroxylation is 2. The standard InChI is InChI=1S/C28H33N/c1-28(2,3)26-16-17-29-27-24(15-14-21-10-6-4-7-11-21)19-23(20-25(26)27)18-22-12-8-5-9-13-22/h4-13,19-20,26,29H,14-18H2,1-3H3. The number of benzene rings is 3. The molecule has 0 aliphatic carbocycles. The Morgan fingerprint density at radius 2 is 1.45 bits per heavy atom.